The second-order valence-corrected chi connectivity index (χ2v) is 9.25. The fourth-order valence-corrected chi connectivity index (χ4v) is 4.95. The van der Waals surface area contributed by atoms with Gasteiger partial charge in [0.2, 0.25) is 0 Å². The Morgan fingerprint density at radius 3 is 2.52 bits per heavy atom. The van der Waals surface area contributed by atoms with Crippen LogP contribution in [0.25, 0.3) is 10.6 Å². The van der Waals surface area contributed by atoms with Crippen LogP contribution < -0.4 is 4.74 Å². The van der Waals surface area contributed by atoms with E-state index in [2.05, 4.69) is 27.8 Å². The first kappa shape index (κ1) is 20.1. The first-order valence-corrected chi connectivity index (χ1v) is 11.6. The Kier molecular flexibility index (Phi) is 6.28. The number of hydrogen-bond donors (Lipinski definition) is 0. The zero-order valence-electron chi connectivity index (χ0n) is 16.7. The Morgan fingerprint density at radius 2 is 1.86 bits per heavy atom. The molecule has 7 heteroatoms. The first-order valence-electron chi connectivity index (χ1n) is 9.85. The normalized spacial score (nSPS) is 15.1. The topological polar surface area (TPSA) is 45.7 Å². The lowest BCUT2D eigenvalue weighted by Crippen LogP contribution is -2.48. The summed E-state index contributed by atoms with van der Waals surface area (Å²) in [5, 5.41) is 5.34. The number of thiophene rings is 1. The van der Waals surface area contributed by atoms with Crippen LogP contribution in [0.3, 0.4) is 0 Å². The monoisotopic (exact) mass is 427 g/mol. The summed E-state index contributed by atoms with van der Waals surface area (Å²) < 4.78 is 5.65. The average Bonchev–Trinajstić information content (AvgIpc) is 3.40. The minimum absolute atomic E-state index is 0.0926. The number of rotatable bonds is 6. The Morgan fingerprint density at radius 1 is 1.10 bits per heavy atom. The van der Waals surface area contributed by atoms with Crippen LogP contribution in [0, 0.1) is 0 Å². The molecule has 0 N–H and O–H groups in total. The highest BCUT2D eigenvalue weighted by molar-refractivity contribution is 7.14. The Bertz CT molecular complexity index is 927. The molecule has 1 fully saturated rings. The highest BCUT2D eigenvalue weighted by atomic mass is 32.1. The van der Waals surface area contributed by atoms with E-state index in [4.69, 9.17) is 9.72 Å². The van der Waals surface area contributed by atoms with Gasteiger partial charge in [0.1, 0.15) is 10.8 Å². The zero-order chi connectivity index (χ0) is 20.2. The molecular formula is C22H25N3O2S2. The van der Waals surface area contributed by atoms with Crippen molar-refractivity contribution in [3.8, 4) is 16.3 Å². The van der Waals surface area contributed by atoms with E-state index < -0.39 is 0 Å². The van der Waals surface area contributed by atoms with Gasteiger partial charge in [-0.15, -0.1) is 22.7 Å². The second-order valence-electron chi connectivity index (χ2n) is 7.36. The third-order valence-corrected chi connectivity index (χ3v) is 6.54. The Balaban J connectivity index is 1.29. The van der Waals surface area contributed by atoms with E-state index in [0.29, 0.717) is 0 Å². The number of hydrogen-bond acceptors (Lipinski definition) is 6. The van der Waals surface area contributed by atoms with Crippen molar-refractivity contribution in [3.63, 3.8) is 0 Å². The molecule has 3 aromatic rings. The van der Waals surface area contributed by atoms with Crippen molar-refractivity contribution < 1.29 is 9.53 Å². The molecule has 0 saturated carbocycles. The molecule has 152 valence electrons. The van der Waals surface area contributed by atoms with Crippen LogP contribution in [-0.2, 0) is 6.54 Å². The molecule has 0 atom stereocenters. The third-order valence-electron chi connectivity index (χ3n) is 4.82. The van der Waals surface area contributed by atoms with Gasteiger partial charge in [-0.3, -0.25) is 9.69 Å². The number of ether oxygens (including phenoxy) is 1. The largest absolute Gasteiger partial charge is 0.491 e. The predicted octanol–water partition coefficient (Wildman–Crippen LogP) is 4.62. The van der Waals surface area contributed by atoms with Gasteiger partial charge in [0.05, 0.1) is 23.2 Å². The minimum Gasteiger partial charge on any atom is -0.491 e. The maximum absolute atomic E-state index is 12.8. The van der Waals surface area contributed by atoms with E-state index in [-0.39, 0.29) is 12.0 Å². The maximum atomic E-state index is 12.8. The molecule has 0 radical (unpaired) electrons. The van der Waals surface area contributed by atoms with Gasteiger partial charge in [-0.05, 0) is 49.6 Å². The van der Waals surface area contributed by atoms with Crippen molar-refractivity contribution in [3.05, 3.63) is 57.7 Å². The molecule has 1 aliphatic rings. The number of piperazine rings is 1. The SMILES string of the molecule is CC(C)Oc1ccc(C(=O)N2CCN(Cc3nc(-c4cccs4)cs3)CC2)cc1. The van der Waals surface area contributed by atoms with Gasteiger partial charge in [-0.1, -0.05) is 6.07 Å². The van der Waals surface area contributed by atoms with Crippen LogP contribution in [0.1, 0.15) is 29.2 Å². The van der Waals surface area contributed by atoms with Gasteiger partial charge in [-0.2, -0.15) is 0 Å². The lowest BCUT2D eigenvalue weighted by Gasteiger charge is -2.34. The Hall–Kier alpha value is -2.22. The van der Waals surface area contributed by atoms with Crippen molar-refractivity contribution in [2.24, 2.45) is 0 Å². The first-order chi connectivity index (χ1) is 14.1. The van der Waals surface area contributed by atoms with Crippen molar-refractivity contribution in [2.75, 3.05) is 26.2 Å². The summed E-state index contributed by atoms with van der Waals surface area (Å²) in [6.07, 6.45) is 0.129. The van der Waals surface area contributed by atoms with E-state index in [1.165, 1.54) is 4.88 Å². The molecule has 2 aromatic heterocycles. The second kappa shape index (κ2) is 9.07. The van der Waals surface area contributed by atoms with Crippen molar-refractivity contribution in [2.45, 2.75) is 26.5 Å². The number of thiazole rings is 1. The summed E-state index contributed by atoms with van der Waals surface area (Å²) in [6.45, 7) is 8.06. The molecule has 3 heterocycles. The minimum atomic E-state index is 0.0926. The molecule has 0 bridgehead atoms. The van der Waals surface area contributed by atoms with Gasteiger partial charge in [0.15, 0.2) is 0 Å². The van der Waals surface area contributed by atoms with Gasteiger partial charge >= 0.3 is 0 Å². The molecule has 0 aliphatic carbocycles. The molecule has 29 heavy (non-hydrogen) atoms. The predicted molar refractivity (Wildman–Crippen MR) is 119 cm³/mol. The number of benzene rings is 1. The van der Waals surface area contributed by atoms with Crippen LogP contribution in [-0.4, -0.2) is 53.0 Å². The highest BCUT2D eigenvalue weighted by Gasteiger charge is 2.23. The molecule has 0 spiro atoms. The summed E-state index contributed by atoms with van der Waals surface area (Å²) in [5.74, 6) is 0.890. The highest BCUT2D eigenvalue weighted by Crippen LogP contribution is 2.26. The zero-order valence-corrected chi connectivity index (χ0v) is 18.3. The fourth-order valence-electron chi connectivity index (χ4n) is 3.35. The smallest absolute Gasteiger partial charge is 0.253 e. The Labute approximate surface area is 179 Å². The molecule has 4 rings (SSSR count). The van der Waals surface area contributed by atoms with Crippen molar-refractivity contribution in [1.82, 2.24) is 14.8 Å². The van der Waals surface area contributed by atoms with Crippen LogP contribution >= 0.6 is 22.7 Å². The van der Waals surface area contributed by atoms with Crippen LogP contribution in [0.2, 0.25) is 0 Å². The van der Waals surface area contributed by atoms with Crippen LogP contribution in [0.15, 0.2) is 47.2 Å². The third kappa shape index (κ3) is 5.04. The molecule has 1 amide bonds. The summed E-state index contributed by atoms with van der Waals surface area (Å²) in [4.78, 5) is 23.1. The van der Waals surface area contributed by atoms with Crippen molar-refractivity contribution in [1.29, 1.82) is 0 Å². The quantitative estimate of drug-likeness (QED) is 0.576. The van der Waals surface area contributed by atoms with Gasteiger partial charge in [0, 0.05) is 37.1 Å². The molecule has 1 saturated heterocycles. The van der Waals surface area contributed by atoms with E-state index in [1.807, 2.05) is 43.0 Å². The molecule has 0 unspecified atom stereocenters. The summed E-state index contributed by atoms with van der Waals surface area (Å²) in [7, 11) is 0. The number of aromatic nitrogens is 1. The van der Waals surface area contributed by atoms with Crippen molar-refractivity contribution >= 4 is 28.6 Å². The molecule has 1 aromatic carbocycles. The number of carbonyl (C=O) groups is 1. The van der Waals surface area contributed by atoms with E-state index >= 15 is 0 Å². The standard InChI is InChI=1S/C22H25N3O2S2/c1-16(2)27-18-7-5-17(6-8-18)22(26)25-11-9-24(10-12-25)14-21-23-19(15-29-21)20-4-3-13-28-20/h3-8,13,15-16H,9-12,14H2,1-2H3. The van der Waals surface area contributed by atoms with Crippen LogP contribution in [0.4, 0.5) is 0 Å². The fraction of sp³-hybridized carbons (Fsp3) is 0.364. The lowest BCUT2D eigenvalue weighted by molar-refractivity contribution is 0.0628. The van der Waals surface area contributed by atoms with Gasteiger partial charge in [0.25, 0.3) is 5.91 Å². The van der Waals surface area contributed by atoms with Crippen LogP contribution in [0.5, 0.6) is 5.75 Å². The molecular weight excluding hydrogens is 402 g/mol. The number of amides is 1. The molecule has 1 aliphatic heterocycles. The maximum Gasteiger partial charge on any atom is 0.253 e. The van der Waals surface area contributed by atoms with Gasteiger partial charge < -0.3 is 9.64 Å². The average molecular weight is 428 g/mol. The van der Waals surface area contributed by atoms with Gasteiger partial charge in [-0.25, -0.2) is 4.98 Å². The number of nitrogens with zero attached hydrogens (tertiary/aromatic N) is 3. The lowest BCUT2D eigenvalue weighted by atomic mass is 10.1. The summed E-state index contributed by atoms with van der Waals surface area (Å²) in [6, 6.07) is 11.6. The summed E-state index contributed by atoms with van der Waals surface area (Å²) >= 11 is 3.43. The number of carbonyl (C=O) groups excluding carboxylic acids is 1. The summed E-state index contributed by atoms with van der Waals surface area (Å²) in [5.41, 5.74) is 1.79. The van der Waals surface area contributed by atoms with E-state index in [1.54, 1.807) is 22.7 Å². The van der Waals surface area contributed by atoms with E-state index in [0.717, 1.165) is 54.7 Å². The molecule has 5 nitrogen and oxygen atoms in total. The van der Waals surface area contributed by atoms with E-state index in [9.17, 15) is 4.79 Å².